The Bertz CT molecular complexity index is 353. The SMILES string of the molecule is CC(C)(C)Oc1ccc(CCl)cc1C=O. The van der Waals surface area contributed by atoms with Gasteiger partial charge >= 0.3 is 0 Å². The Kier molecular flexibility index (Phi) is 3.75. The second kappa shape index (κ2) is 4.67. The van der Waals surface area contributed by atoms with Crippen molar-refractivity contribution in [2.45, 2.75) is 32.3 Å². The van der Waals surface area contributed by atoms with Gasteiger partial charge < -0.3 is 4.74 Å². The molecule has 1 aromatic rings. The quantitative estimate of drug-likeness (QED) is 0.583. The van der Waals surface area contributed by atoms with E-state index in [2.05, 4.69) is 0 Å². The minimum absolute atomic E-state index is 0.305. The molecule has 0 N–H and O–H groups in total. The number of benzene rings is 1. The predicted octanol–water partition coefficient (Wildman–Crippen LogP) is 3.42. The molecule has 0 heterocycles. The number of ether oxygens (including phenoxy) is 1. The van der Waals surface area contributed by atoms with Crippen LogP contribution in [0, 0.1) is 0 Å². The monoisotopic (exact) mass is 226 g/mol. The van der Waals surface area contributed by atoms with E-state index in [1.54, 1.807) is 12.1 Å². The molecule has 0 radical (unpaired) electrons. The van der Waals surface area contributed by atoms with E-state index < -0.39 is 0 Å². The van der Waals surface area contributed by atoms with Crippen LogP contribution in [0.3, 0.4) is 0 Å². The number of carbonyl (C=O) groups is 1. The van der Waals surface area contributed by atoms with E-state index in [-0.39, 0.29) is 5.60 Å². The van der Waals surface area contributed by atoms with Gasteiger partial charge in [-0.1, -0.05) is 6.07 Å². The van der Waals surface area contributed by atoms with Crippen LogP contribution in [0.4, 0.5) is 0 Å². The van der Waals surface area contributed by atoms with Crippen LogP contribution in [0.2, 0.25) is 0 Å². The van der Waals surface area contributed by atoms with Crippen LogP contribution in [-0.2, 0) is 5.88 Å². The number of aldehydes is 1. The molecule has 0 amide bonds. The zero-order chi connectivity index (χ0) is 11.5. The van der Waals surface area contributed by atoms with Crippen LogP contribution in [0.25, 0.3) is 0 Å². The Balaban J connectivity index is 3.03. The third kappa shape index (κ3) is 3.56. The topological polar surface area (TPSA) is 26.3 Å². The molecule has 15 heavy (non-hydrogen) atoms. The molecule has 0 aliphatic rings. The largest absolute Gasteiger partial charge is 0.487 e. The van der Waals surface area contributed by atoms with Gasteiger partial charge in [-0.25, -0.2) is 0 Å². The van der Waals surface area contributed by atoms with Crippen LogP contribution in [-0.4, -0.2) is 11.9 Å². The number of carbonyl (C=O) groups excluding carboxylic acids is 1. The number of rotatable bonds is 3. The van der Waals surface area contributed by atoms with Crippen LogP contribution in [0.15, 0.2) is 18.2 Å². The molecule has 0 fully saturated rings. The summed E-state index contributed by atoms with van der Waals surface area (Å²) in [6.45, 7) is 5.82. The second-order valence-corrected chi connectivity index (χ2v) is 4.61. The molecule has 3 heteroatoms. The van der Waals surface area contributed by atoms with Gasteiger partial charge in [0.2, 0.25) is 0 Å². The zero-order valence-corrected chi connectivity index (χ0v) is 9.97. The van der Waals surface area contributed by atoms with Gasteiger partial charge in [-0.05, 0) is 38.5 Å². The first-order valence-corrected chi connectivity index (χ1v) is 5.33. The molecule has 0 atom stereocenters. The summed E-state index contributed by atoms with van der Waals surface area (Å²) in [6, 6.07) is 5.40. The highest BCUT2D eigenvalue weighted by Crippen LogP contribution is 2.23. The van der Waals surface area contributed by atoms with Crippen LogP contribution >= 0.6 is 11.6 Å². The summed E-state index contributed by atoms with van der Waals surface area (Å²) in [5.74, 6) is 1.00. The first kappa shape index (κ1) is 12.1. The number of hydrogen-bond acceptors (Lipinski definition) is 2. The van der Waals surface area contributed by atoms with Gasteiger partial charge in [0, 0.05) is 5.88 Å². The Labute approximate surface area is 95.2 Å². The fourth-order valence-corrected chi connectivity index (χ4v) is 1.36. The van der Waals surface area contributed by atoms with Gasteiger partial charge in [-0.15, -0.1) is 11.6 Å². The standard InChI is InChI=1S/C12H15ClO2/c1-12(2,3)15-11-5-4-9(7-13)6-10(11)8-14/h4-6,8H,7H2,1-3H3. The maximum absolute atomic E-state index is 10.9. The third-order valence-electron chi connectivity index (χ3n) is 1.77. The van der Waals surface area contributed by atoms with Crippen molar-refractivity contribution in [2.75, 3.05) is 0 Å². The van der Waals surface area contributed by atoms with Crippen LogP contribution in [0.1, 0.15) is 36.7 Å². The van der Waals surface area contributed by atoms with Crippen molar-refractivity contribution < 1.29 is 9.53 Å². The Hall–Kier alpha value is -1.02. The molecule has 0 aromatic heterocycles. The molecule has 1 rings (SSSR count). The summed E-state index contributed by atoms with van der Waals surface area (Å²) in [6.07, 6.45) is 0.789. The summed E-state index contributed by atoms with van der Waals surface area (Å²) in [5, 5.41) is 0. The molecule has 0 aliphatic carbocycles. The van der Waals surface area contributed by atoms with E-state index >= 15 is 0 Å². The van der Waals surface area contributed by atoms with E-state index in [9.17, 15) is 4.79 Å². The lowest BCUT2D eigenvalue weighted by Crippen LogP contribution is -2.23. The molecular formula is C12H15ClO2. The number of hydrogen-bond donors (Lipinski definition) is 0. The van der Waals surface area contributed by atoms with E-state index in [0.29, 0.717) is 17.2 Å². The molecular weight excluding hydrogens is 212 g/mol. The van der Waals surface area contributed by atoms with E-state index in [0.717, 1.165) is 11.8 Å². The van der Waals surface area contributed by atoms with Crippen molar-refractivity contribution in [3.8, 4) is 5.75 Å². The van der Waals surface area contributed by atoms with Gasteiger partial charge in [0.05, 0.1) is 5.56 Å². The molecule has 0 aliphatic heterocycles. The van der Waals surface area contributed by atoms with Crippen molar-refractivity contribution in [2.24, 2.45) is 0 Å². The van der Waals surface area contributed by atoms with Gasteiger partial charge in [0.25, 0.3) is 0 Å². The molecule has 82 valence electrons. The third-order valence-corrected chi connectivity index (χ3v) is 2.08. The van der Waals surface area contributed by atoms with Crippen molar-refractivity contribution >= 4 is 17.9 Å². The predicted molar refractivity (Wildman–Crippen MR) is 61.8 cm³/mol. The Morgan fingerprint density at radius 2 is 2.07 bits per heavy atom. The summed E-state index contributed by atoms with van der Waals surface area (Å²) >= 11 is 5.68. The van der Waals surface area contributed by atoms with Crippen molar-refractivity contribution in [3.05, 3.63) is 29.3 Å². The van der Waals surface area contributed by atoms with E-state index in [1.165, 1.54) is 0 Å². The first-order valence-electron chi connectivity index (χ1n) is 4.79. The van der Waals surface area contributed by atoms with Crippen molar-refractivity contribution in [1.82, 2.24) is 0 Å². The summed E-state index contributed by atoms with van der Waals surface area (Å²) < 4.78 is 5.65. The smallest absolute Gasteiger partial charge is 0.153 e. The van der Waals surface area contributed by atoms with Crippen molar-refractivity contribution in [3.63, 3.8) is 0 Å². The average molecular weight is 227 g/mol. The maximum atomic E-state index is 10.9. The lowest BCUT2D eigenvalue weighted by atomic mass is 10.1. The highest BCUT2D eigenvalue weighted by molar-refractivity contribution is 6.17. The molecule has 0 spiro atoms. The van der Waals surface area contributed by atoms with Gasteiger partial charge in [0.15, 0.2) is 6.29 Å². The molecule has 0 saturated heterocycles. The normalized spacial score (nSPS) is 11.2. The summed E-state index contributed by atoms with van der Waals surface area (Å²) in [4.78, 5) is 10.9. The van der Waals surface area contributed by atoms with E-state index in [4.69, 9.17) is 16.3 Å². The van der Waals surface area contributed by atoms with Gasteiger partial charge in [-0.3, -0.25) is 4.79 Å². The molecule has 2 nitrogen and oxygen atoms in total. The Morgan fingerprint density at radius 3 is 2.53 bits per heavy atom. The lowest BCUT2D eigenvalue weighted by molar-refractivity contribution is 0.109. The van der Waals surface area contributed by atoms with Crippen molar-refractivity contribution in [1.29, 1.82) is 0 Å². The summed E-state index contributed by atoms with van der Waals surface area (Å²) in [7, 11) is 0. The molecule has 0 bridgehead atoms. The first-order chi connectivity index (χ1) is 6.96. The van der Waals surface area contributed by atoms with Crippen LogP contribution < -0.4 is 4.74 Å². The average Bonchev–Trinajstić information content (AvgIpc) is 2.16. The molecule has 0 unspecified atom stereocenters. The lowest BCUT2D eigenvalue weighted by Gasteiger charge is -2.22. The highest BCUT2D eigenvalue weighted by Gasteiger charge is 2.14. The Morgan fingerprint density at radius 1 is 1.40 bits per heavy atom. The van der Waals surface area contributed by atoms with Crippen LogP contribution in [0.5, 0.6) is 5.75 Å². The minimum atomic E-state index is -0.305. The second-order valence-electron chi connectivity index (χ2n) is 4.34. The fourth-order valence-electron chi connectivity index (χ4n) is 1.20. The van der Waals surface area contributed by atoms with E-state index in [1.807, 2.05) is 26.8 Å². The number of halogens is 1. The van der Waals surface area contributed by atoms with Gasteiger partial charge in [-0.2, -0.15) is 0 Å². The fraction of sp³-hybridized carbons (Fsp3) is 0.417. The molecule has 1 aromatic carbocycles. The maximum Gasteiger partial charge on any atom is 0.153 e. The number of alkyl halides is 1. The van der Waals surface area contributed by atoms with Gasteiger partial charge in [0.1, 0.15) is 11.4 Å². The minimum Gasteiger partial charge on any atom is -0.487 e. The zero-order valence-electron chi connectivity index (χ0n) is 9.21. The highest BCUT2D eigenvalue weighted by atomic mass is 35.5. The summed E-state index contributed by atoms with van der Waals surface area (Å²) in [5.41, 5.74) is 1.16. The molecule has 0 saturated carbocycles.